The molecular weight excluding hydrogens is 390 g/mol. The van der Waals surface area contributed by atoms with Gasteiger partial charge in [0.2, 0.25) is 5.91 Å². The minimum Gasteiger partial charge on any atom is -0.392 e. The smallest absolute Gasteiger partial charge is 0.225 e. The van der Waals surface area contributed by atoms with Gasteiger partial charge in [-0.15, -0.1) is 0 Å². The minimum atomic E-state index is -0.413. The number of aliphatic hydroxyl groups excluding tert-OH is 2. The zero-order chi connectivity index (χ0) is 23.0. The number of hydrogen-bond acceptors (Lipinski definition) is 4. The molecule has 1 fully saturated rings. The summed E-state index contributed by atoms with van der Waals surface area (Å²) in [4.78, 5) is 14.4. The molecule has 178 valence electrons. The number of amides is 1. The second kappa shape index (κ2) is 12.8. The first-order valence-electron chi connectivity index (χ1n) is 12.4. The van der Waals surface area contributed by atoms with Gasteiger partial charge in [-0.3, -0.25) is 4.79 Å². The highest BCUT2D eigenvalue weighted by Crippen LogP contribution is 2.47. The van der Waals surface area contributed by atoms with Crippen molar-refractivity contribution < 1.29 is 19.7 Å². The summed E-state index contributed by atoms with van der Waals surface area (Å²) in [6.45, 7) is 11.4. The van der Waals surface area contributed by atoms with Gasteiger partial charge < -0.3 is 19.8 Å². The van der Waals surface area contributed by atoms with Gasteiger partial charge in [0.25, 0.3) is 0 Å². The topological polar surface area (TPSA) is 70.0 Å². The lowest BCUT2D eigenvalue weighted by Crippen LogP contribution is -2.42. The van der Waals surface area contributed by atoms with Crippen LogP contribution in [0.1, 0.15) is 79.6 Å². The van der Waals surface area contributed by atoms with Gasteiger partial charge in [-0.25, -0.2) is 0 Å². The molecule has 0 aromatic heterocycles. The second-order valence-corrected chi connectivity index (χ2v) is 9.98. The van der Waals surface area contributed by atoms with Crippen molar-refractivity contribution in [3.05, 3.63) is 23.8 Å². The molecule has 2 rings (SSSR count). The molecule has 0 radical (unpaired) electrons. The number of rotatable bonds is 13. The lowest BCUT2D eigenvalue weighted by Gasteiger charge is -2.30. The predicted molar refractivity (Wildman–Crippen MR) is 126 cm³/mol. The molecule has 1 amide bonds. The Bertz CT molecular complexity index is 605. The molecule has 0 aromatic rings. The number of carbonyl (C=O) groups excluding carboxylic acids is 1. The van der Waals surface area contributed by atoms with E-state index < -0.39 is 6.10 Å². The third-order valence-electron chi connectivity index (χ3n) is 6.76. The Morgan fingerprint density at radius 2 is 1.97 bits per heavy atom. The first-order valence-corrected chi connectivity index (χ1v) is 12.4. The highest BCUT2D eigenvalue weighted by Gasteiger charge is 2.43. The summed E-state index contributed by atoms with van der Waals surface area (Å²) in [6, 6.07) is 0.400. The molecule has 0 spiro atoms. The molecule has 0 aliphatic heterocycles. The maximum absolute atomic E-state index is 12.4. The highest BCUT2D eigenvalue weighted by molar-refractivity contribution is 5.76. The summed E-state index contributed by atoms with van der Waals surface area (Å²) in [5.41, 5.74) is 1.28. The molecule has 31 heavy (non-hydrogen) atoms. The first kappa shape index (κ1) is 26.1. The molecule has 5 nitrogen and oxygen atoms in total. The van der Waals surface area contributed by atoms with Crippen molar-refractivity contribution in [3.8, 4) is 0 Å². The van der Waals surface area contributed by atoms with E-state index in [1.807, 2.05) is 38.7 Å². The third kappa shape index (κ3) is 7.73. The van der Waals surface area contributed by atoms with Gasteiger partial charge in [0.15, 0.2) is 0 Å². The van der Waals surface area contributed by atoms with E-state index in [1.54, 1.807) is 0 Å². The summed E-state index contributed by atoms with van der Waals surface area (Å²) in [7, 11) is 0. The van der Waals surface area contributed by atoms with Crippen LogP contribution in [0.5, 0.6) is 0 Å². The second-order valence-electron chi connectivity index (χ2n) is 9.98. The summed E-state index contributed by atoms with van der Waals surface area (Å²) in [5.74, 6) is 1.03. The lowest BCUT2D eigenvalue weighted by molar-refractivity contribution is -0.135. The largest absolute Gasteiger partial charge is 0.392 e. The van der Waals surface area contributed by atoms with E-state index in [1.165, 1.54) is 5.57 Å². The third-order valence-corrected chi connectivity index (χ3v) is 6.76. The van der Waals surface area contributed by atoms with Crippen molar-refractivity contribution in [2.45, 2.75) is 104 Å². The van der Waals surface area contributed by atoms with Crippen molar-refractivity contribution >= 4 is 5.91 Å². The number of fused-ring (bicyclic) bond motifs is 1. The van der Waals surface area contributed by atoms with Crippen LogP contribution < -0.4 is 0 Å². The number of aliphatic hydroxyl groups is 2. The molecule has 2 N–H and O–H groups in total. The van der Waals surface area contributed by atoms with Crippen LogP contribution in [-0.2, 0) is 9.53 Å². The van der Waals surface area contributed by atoms with Crippen LogP contribution >= 0.6 is 0 Å². The predicted octanol–water partition coefficient (Wildman–Crippen LogP) is 4.48. The van der Waals surface area contributed by atoms with E-state index in [2.05, 4.69) is 19.1 Å². The monoisotopic (exact) mass is 435 g/mol. The van der Waals surface area contributed by atoms with Gasteiger partial charge in [-0.1, -0.05) is 44.4 Å². The Morgan fingerprint density at radius 1 is 1.26 bits per heavy atom. The number of unbranched alkanes of at least 4 members (excludes halogenated alkanes) is 2. The molecule has 5 atom stereocenters. The Labute approximate surface area is 189 Å². The average molecular weight is 436 g/mol. The zero-order valence-corrected chi connectivity index (χ0v) is 20.3. The SMILES string of the molecule is CCCCC[C@H](O)/C=C/[C@@H]1[C@H]2CC(COCCC(=O)N(C(C)C)C(C)C)=C[C@H]2C[C@H]1O. The molecule has 2 aliphatic carbocycles. The van der Waals surface area contributed by atoms with Crippen molar-refractivity contribution in [3.63, 3.8) is 0 Å². The number of ether oxygens (including phenoxy) is 1. The molecule has 0 aromatic carbocycles. The van der Waals surface area contributed by atoms with Gasteiger partial charge in [0, 0.05) is 18.0 Å². The molecule has 0 saturated heterocycles. The van der Waals surface area contributed by atoms with Crippen molar-refractivity contribution in [1.82, 2.24) is 4.90 Å². The van der Waals surface area contributed by atoms with Crippen LogP contribution in [0.4, 0.5) is 0 Å². The maximum Gasteiger partial charge on any atom is 0.225 e. The maximum atomic E-state index is 12.4. The van der Waals surface area contributed by atoms with Crippen molar-refractivity contribution in [1.29, 1.82) is 0 Å². The van der Waals surface area contributed by atoms with Crippen LogP contribution in [0.3, 0.4) is 0 Å². The quantitative estimate of drug-likeness (QED) is 0.331. The lowest BCUT2D eigenvalue weighted by atomic mass is 9.89. The van der Waals surface area contributed by atoms with Crippen LogP contribution in [-0.4, -0.2) is 58.5 Å². The van der Waals surface area contributed by atoms with Gasteiger partial charge in [0.1, 0.15) is 0 Å². The molecule has 5 heteroatoms. The first-order chi connectivity index (χ1) is 14.7. The van der Waals surface area contributed by atoms with Crippen LogP contribution in [0.15, 0.2) is 23.8 Å². The summed E-state index contributed by atoms with van der Waals surface area (Å²) in [5, 5.41) is 20.7. The molecule has 1 saturated carbocycles. The van der Waals surface area contributed by atoms with Gasteiger partial charge in [-0.05, 0) is 64.4 Å². The summed E-state index contributed by atoms with van der Waals surface area (Å²) in [6.07, 6.45) is 11.7. The fraction of sp³-hybridized carbons (Fsp3) is 0.808. The van der Waals surface area contributed by atoms with E-state index in [0.29, 0.717) is 31.5 Å². The highest BCUT2D eigenvalue weighted by atomic mass is 16.5. The van der Waals surface area contributed by atoms with E-state index in [0.717, 1.165) is 38.5 Å². The van der Waals surface area contributed by atoms with Crippen LogP contribution in [0.25, 0.3) is 0 Å². The minimum absolute atomic E-state index is 0.104. The van der Waals surface area contributed by atoms with E-state index >= 15 is 0 Å². The molecule has 0 bridgehead atoms. The van der Waals surface area contributed by atoms with E-state index in [-0.39, 0.29) is 30.0 Å². The van der Waals surface area contributed by atoms with Crippen LogP contribution in [0, 0.1) is 17.8 Å². The van der Waals surface area contributed by atoms with E-state index in [9.17, 15) is 15.0 Å². The molecule has 0 unspecified atom stereocenters. The Morgan fingerprint density at radius 3 is 2.61 bits per heavy atom. The Hall–Kier alpha value is -1.17. The summed E-state index contributed by atoms with van der Waals surface area (Å²) >= 11 is 0. The fourth-order valence-electron chi connectivity index (χ4n) is 5.33. The molecular formula is C26H45NO4. The number of nitrogens with zero attached hydrogens (tertiary/aromatic N) is 1. The van der Waals surface area contributed by atoms with Crippen molar-refractivity contribution in [2.75, 3.05) is 13.2 Å². The van der Waals surface area contributed by atoms with Gasteiger partial charge in [-0.2, -0.15) is 0 Å². The van der Waals surface area contributed by atoms with E-state index in [4.69, 9.17) is 4.74 Å². The van der Waals surface area contributed by atoms with Crippen LogP contribution in [0.2, 0.25) is 0 Å². The zero-order valence-electron chi connectivity index (χ0n) is 20.3. The summed E-state index contributed by atoms with van der Waals surface area (Å²) < 4.78 is 5.84. The van der Waals surface area contributed by atoms with Crippen molar-refractivity contribution in [2.24, 2.45) is 17.8 Å². The number of hydrogen-bond donors (Lipinski definition) is 2. The Balaban J connectivity index is 1.76. The number of carbonyl (C=O) groups is 1. The average Bonchev–Trinajstić information content (AvgIpc) is 3.19. The normalized spacial score (nSPS) is 26.7. The van der Waals surface area contributed by atoms with Gasteiger partial charge >= 0.3 is 0 Å². The Kier molecular flexibility index (Phi) is 10.7. The molecule has 2 aliphatic rings. The molecule has 0 heterocycles. The van der Waals surface area contributed by atoms with Gasteiger partial charge in [0.05, 0.1) is 31.8 Å². The fourth-order valence-corrected chi connectivity index (χ4v) is 5.33. The number of allylic oxidation sites excluding steroid dienone is 1. The standard InChI is InChI=1S/C26H45NO4/c1-6-7-8-9-22(28)10-11-23-24-15-20(14-21(24)16-25(23)29)17-31-13-12-26(30)27(18(2)3)19(4)5/h10-11,14,18-19,21-25,28-29H,6-9,12-13,15-17H2,1-5H3/b11-10+/t21-,22-,23+,24-,25+/m0/s1.